The first-order valence-corrected chi connectivity index (χ1v) is 8.71. The van der Waals surface area contributed by atoms with Crippen LogP contribution in [-0.4, -0.2) is 51.7 Å². The van der Waals surface area contributed by atoms with E-state index in [2.05, 4.69) is 5.10 Å². The molecule has 0 spiro atoms. The van der Waals surface area contributed by atoms with Crippen LogP contribution in [0.25, 0.3) is 0 Å². The minimum absolute atomic E-state index is 0.161. The number of benzene rings is 1. The molecule has 1 aliphatic rings. The van der Waals surface area contributed by atoms with E-state index < -0.39 is 40.1 Å². The molecule has 1 saturated heterocycles. The first-order valence-electron chi connectivity index (χ1n) is 8.33. The van der Waals surface area contributed by atoms with E-state index in [1.165, 1.54) is 17.0 Å². The van der Waals surface area contributed by atoms with Crippen LogP contribution in [0.15, 0.2) is 18.2 Å². The Balaban J connectivity index is 1.67. The average molecular weight is 423 g/mol. The van der Waals surface area contributed by atoms with Crippen LogP contribution in [0.1, 0.15) is 21.7 Å². The molecule has 0 bridgehead atoms. The largest absolute Gasteiger partial charge is 0.434 e. The van der Waals surface area contributed by atoms with Gasteiger partial charge in [0.1, 0.15) is 5.02 Å². The van der Waals surface area contributed by atoms with E-state index in [4.69, 9.17) is 11.6 Å². The van der Waals surface area contributed by atoms with E-state index >= 15 is 0 Å². The summed E-state index contributed by atoms with van der Waals surface area (Å²) in [6.45, 7) is 1.25. The van der Waals surface area contributed by atoms with E-state index in [1.54, 1.807) is 0 Å². The van der Waals surface area contributed by atoms with Crippen molar-refractivity contribution in [1.82, 2.24) is 19.6 Å². The molecule has 2 aromatic rings. The number of carbonyl (C=O) groups is 1. The van der Waals surface area contributed by atoms with Crippen molar-refractivity contribution >= 4 is 17.5 Å². The van der Waals surface area contributed by atoms with Gasteiger partial charge in [0, 0.05) is 45.3 Å². The predicted molar refractivity (Wildman–Crippen MR) is 90.8 cm³/mol. The molecule has 11 heteroatoms. The lowest BCUT2D eigenvalue weighted by molar-refractivity contribution is -0.143. The number of nitrogens with zero attached hydrogens (tertiary/aromatic N) is 4. The summed E-state index contributed by atoms with van der Waals surface area (Å²) in [6, 6.07) is 3.92. The van der Waals surface area contributed by atoms with Crippen LogP contribution in [0.4, 0.5) is 22.0 Å². The summed E-state index contributed by atoms with van der Waals surface area (Å²) in [7, 11) is 1.07. The third-order valence-electron chi connectivity index (χ3n) is 4.55. The van der Waals surface area contributed by atoms with Gasteiger partial charge in [-0.25, -0.2) is 8.78 Å². The highest BCUT2D eigenvalue weighted by atomic mass is 35.5. The van der Waals surface area contributed by atoms with Gasteiger partial charge >= 0.3 is 6.18 Å². The van der Waals surface area contributed by atoms with Gasteiger partial charge in [-0.15, -0.1) is 0 Å². The quantitative estimate of drug-likeness (QED) is 0.713. The third kappa shape index (κ3) is 3.97. The van der Waals surface area contributed by atoms with Crippen LogP contribution in [0.5, 0.6) is 0 Å². The Morgan fingerprint density at radius 2 is 1.82 bits per heavy atom. The van der Waals surface area contributed by atoms with E-state index in [0.29, 0.717) is 17.8 Å². The smallest absolute Gasteiger partial charge is 0.335 e. The lowest BCUT2D eigenvalue weighted by Crippen LogP contribution is -2.48. The second-order valence-corrected chi connectivity index (χ2v) is 6.79. The molecule has 0 radical (unpaired) electrons. The molecule has 0 N–H and O–H groups in total. The van der Waals surface area contributed by atoms with Crippen LogP contribution < -0.4 is 0 Å². The molecule has 0 atom stereocenters. The van der Waals surface area contributed by atoms with Crippen LogP contribution in [-0.2, 0) is 19.8 Å². The number of aryl methyl sites for hydroxylation is 1. The van der Waals surface area contributed by atoms with E-state index in [0.717, 1.165) is 13.1 Å². The maximum absolute atomic E-state index is 13.8. The van der Waals surface area contributed by atoms with Crippen molar-refractivity contribution < 1.29 is 26.7 Å². The van der Waals surface area contributed by atoms with Gasteiger partial charge < -0.3 is 4.90 Å². The average Bonchev–Trinajstić information content (AvgIpc) is 2.93. The Hall–Kier alpha value is -2.20. The number of halogens is 6. The Bertz CT molecular complexity index is 890. The highest BCUT2D eigenvalue weighted by Crippen LogP contribution is 2.36. The lowest BCUT2D eigenvalue weighted by atomic mass is 10.1. The second kappa shape index (κ2) is 7.67. The van der Waals surface area contributed by atoms with E-state index in [-0.39, 0.29) is 25.2 Å². The molecule has 1 amide bonds. The Labute approximate surface area is 162 Å². The maximum Gasteiger partial charge on any atom is 0.434 e. The van der Waals surface area contributed by atoms with Crippen LogP contribution in [0, 0.1) is 11.6 Å². The van der Waals surface area contributed by atoms with E-state index in [1.807, 2.05) is 4.90 Å². The molecule has 1 fully saturated rings. The van der Waals surface area contributed by atoms with Crippen molar-refractivity contribution in [3.05, 3.63) is 51.8 Å². The number of hydrogen-bond donors (Lipinski definition) is 0. The highest BCUT2D eigenvalue weighted by molar-refractivity contribution is 6.34. The molecular formula is C17H16ClF5N4O. The fraction of sp³-hybridized carbons (Fsp3) is 0.412. The number of amides is 1. The number of rotatable bonds is 3. The molecule has 0 unspecified atom stereocenters. The molecular weight excluding hydrogens is 407 g/mol. The summed E-state index contributed by atoms with van der Waals surface area (Å²) in [5.41, 5.74) is -1.44. The zero-order valence-electron chi connectivity index (χ0n) is 14.7. The molecule has 2 heterocycles. The van der Waals surface area contributed by atoms with E-state index in [9.17, 15) is 26.7 Å². The minimum Gasteiger partial charge on any atom is -0.335 e. The fourth-order valence-corrected chi connectivity index (χ4v) is 3.46. The number of alkyl halides is 3. The number of carbonyl (C=O) groups excluding carboxylic acids is 1. The number of aromatic nitrogens is 2. The maximum atomic E-state index is 13.8. The van der Waals surface area contributed by atoms with Crippen LogP contribution >= 0.6 is 11.6 Å². The second-order valence-electron chi connectivity index (χ2n) is 6.41. The molecule has 1 aromatic heterocycles. The summed E-state index contributed by atoms with van der Waals surface area (Å²) in [6.07, 6.45) is -4.73. The summed E-state index contributed by atoms with van der Waals surface area (Å²) >= 11 is 5.76. The summed E-state index contributed by atoms with van der Waals surface area (Å²) in [4.78, 5) is 15.7. The summed E-state index contributed by atoms with van der Waals surface area (Å²) in [5, 5.41) is 2.90. The number of piperazine rings is 1. The standard InChI is InChI=1S/C17H16ClF5N4O/c1-25-15(17(21,22)23)12(18)14(24-25)16(28)27-7-5-26(6-8-27)9-10-3-2-4-11(19)13(10)20/h2-4H,5-9H2,1H3. The molecule has 1 aliphatic heterocycles. The normalized spacial score (nSPS) is 15.9. The van der Waals surface area contributed by atoms with Gasteiger partial charge in [0.05, 0.1) is 0 Å². The minimum atomic E-state index is -4.73. The van der Waals surface area contributed by atoms with Gasteiger partial charge in [0.15, 0.2) is 23.0 Å². The zero-order valence-corrected chi connectivity index (χ0v) is 15.5. The molecule has 0 saturated carbocycles. The van der Waals surface area contributed by atoms with Gasteiger partial charge in [-0.2, -0.15) is 18.3 Å². The third-order valence-corrected chi connectivity index (χ3v) is 4.90. The highest BCUT2D eigenvalue weighted by Gasteiger charge is 2.40. The summed E-state index contributed by atoms with van der Waals surface area (Å²) < 4.78 is 66.7. The summed E-state index contributed by atoms with van der Waals surface area (Å²) in [5.74, 6) is -2.55. The Morgan fingerprint density at radius 1 is 1.18 bits per heavy atom. The Morgan fingerprint density at radius 3 is 2.39 bits per heavy atom. The first kappa shape index (κ1) is 20.5. The molecule has 5 nitrogen and oxygen atoms in total. The van der Waals surface area contributed by atoms with Crippen molar-refractivity contribution in [3.63, 3.8) is 0 Å². The predicted octanol–water partition coefficient (Wildman–Crippen LogP) is 3.33. The Kier molecular flexibility index (Phi) is 5.62. The van der Waals surface area contributed by atoms with Crippen molar-refractivity contribution in [2.45, 2.75) is 12.7 Å². The molecule has 1 aromatic carbocycles. The molecule has 28 heavy (non-hydrogen) atoms. The van der Waals surface area contributed by atoms with Crippen molar-refractivity contribution in [2.24, 2.45) is 7.05 Å². The zero-order chi connectivity index (χ0) is 20.6. The number of hydrogen-bond acceptors (Lipinski definition) is 3. The molecule has 152 valence electrons. The van der Waals surface area contributed by atoms with Gasteiger partial charge in [0.25, 0.3) is 5.91 Å². The first-order chi connectivity index (χ1) is 13.1. The van der Waals surface area contributed by atoms with Gasteiger partial charge in [-0.05, 0) is 6.07 Å². The molecule has 0 aliphatic carbocycles. The van der Waals surface area contributed by atoms with Crippen molar-refractivity contribution in [2.75, 3.05) is 26.2 Å². The molecule has 3 rings (SSSR count). The van der Waals surface area contributed by atoms with Crippen LogP contribution in [0.2, 0.25) is 5.02 Å². The monoisotopic (exact) mass is 422 g/mol. The lowest BCUT2D eigenvalue weighted by Gasteiger charge is -2.34. The fourth-order valence-electron chi connectivity index (χ4n) is 3.11. The van der Waals surface area contributed by atoms with Gasteiger partial charge in [-0.1, -0.05) is 23.7 Å². The topological polar surface area (TPSA) is 41.4 Å². The van der Waals surface area contributed by atoms with Crippen molar-refractivity contribution in [1.29, 1.82) is 0 Å². The van der Waals surface area contributed by atoms with Crippen LogP contribution in [0.3, 0.4) is 0 Å². The SMILES string of the molecule is Cn1nc(C(=O)N2CCN(Cc3cccc(F)c3F)CC2)c(Cl)c1C(F)(F)F. The van der Waals surface area contributed by atoms with Gasteiger partial charge in [-0.3, -0.25) is 14.4 Å². The van der Waals surface area contributed by atoms with Gasteiger partial charge in [0.2, 0.25) is 0 Å². The van der Waals surface area contributed by atoms with Crippen molar-refractivity contribution in [3.8, 4) is 0 Å².